The molecule has 0 atom stereocenters. The third kappa shape index (κ3) is 5.29. The SMILES string of the molecule is Cc1cc(C)cc(N2C(=O)NC(=O)/C(=C\c3cc(C)n(-c4ccc(OCc5ccc(F)cc5)cc4)c3C)C2=O)c1. The van der Waals surface area contributed by atoms with Gasteiger partial charge in [-0.25, -0.2) is 14.1 Å². The number of nitrogens with zero attached hydrogens (tertiary/aromatic N) is 2. The van der Waals surface area contributed by atoms with Crippen molar-refractivity contribution >= 4 is 29.6 Å². The van der Waals surface area contributed by atoms with Gasteiger partial charge in [-0.3, -0.25) is 14.9 Å². The van der Waals surface area contributed by atoms with E-state index in [4.69, 9.17) is 4.74 Å². The summed E-state index contributed by atoms with van der Waals surface area (Å²) in [6.45, 7) is 7.91. The molecular formula is C32H28FN3O4. The zero-order valence-electron chi connectivity index (χ0n) is 22.6. The standard InChI is InChI=1S/C32H28FN3O4/c1-19-13-20(2)15-27(14-19)36-31(38)29(30(37)34-32(36)39)17-24-16-21(3)35(22(24)4)26-9-11-28(12-10-26)40-18-23-5-7-25(33)8-6-23/h5-17H,18H2,1-4H3,(H,34,37,39)/b29-17+. The van der Waals surface area contributed by atoms with Crippen LogP contribution in [0.2, 0.25) is 0 Å². The van der Waals surface area contributed by atoms with Crippen LogP contribution in [0, 0.1) is 33.5 Å². The first kappa shape index (κ1) is 26.6. The summed E-state index contributed by atoms with van der Waals surface area (Å²) in [5.74, 6) is -1.03. The monoisotopic (exact) mass is 537 g/mol. The summed E-state index contributed by atoms with van der Waals surface area (Å²) in [4.78, 5) is 39.8. The number of imide groups is 2. The van der Waals surface area contributed by atoms with E-state index in [-0.39, 0.29) is 11.4 Å². The molecule has 0 aliphatic carbocycles. The van der Waals surface area contributed by atoms with Crippen LogP contribution in [-0.2, 0) is 16.2 Å². The van der Waals surface area contributed by atoms with Crippen LogP contribution in [0.25, 0.3) is 11.8 Å². The number of carbonyl (C=O) groups is 3. The molecule has 5 rings (SSSR count). The van der Waals surface area contributed by atoms with E-state index in [9.17, 15) is 18.8 Å². The first-order chi connectivity index (χ1) is 19.1. The average molecular weight is 538 g/mol. The first-order valence-corrected chi connectivity index (χ1v) is 12.8. The fraction of sp³-hybridized carbons (Fsp3) is 0.156. The van der Waals surface area contributed by atoms with Gasteiger partial charge in [-0.1, -0.05) is 18.2 Å². The van der Waals surface area contributed by atoms with Gasteiger partial charge in [0, 0.05) is 17.1 Å². The maximum atomic E-state index is 13.4. The molecule has 7 nitrogen and oxygen atoms in total. The Bertz CT molecular complexity index is 1650. The van der Waals surface area contributed by atoms with Gasteiger partial charge in [-0.15, -0.1) is 0 Å². The number of halogens is 1. The second kappa shape index (κ2) is 10.6. The van der Waals surface area contributed by atoms with Gasteiger partial charge in [0.2, 0.25) is 0 Å². The van der Waals surface area contributed by atoms with E-state index >= 15 is 0 Å². The normalized spacial score (nSPS) is 14.6. The van der Waals surface area contributed by atoms with Crippen molar-refractivity contribution < 1.29 is 23.5 Å². The van der Waals surface area contributed by atoms with Gasteiger partial charge in [-0.2, -0.15) is 0 Å². The largest absolute Gasteiger partial charge is 0.489 e. The number of hydrogen-bond acceptors (Lipinski definition) is 4. The van der Waals surface area contributed by atoms with Crippen molar-refractivity contribution in [3.63, 3.8) is 0 Å². The number of amides is 4. The van der Waals surface area contributed by atoms with Crippen LogP contribution in [0.1, 0.15) is 33.6 Å². The molecule has 1 aliphatic rings. The summed E-state index contributed by atoms with van der Waals surface area (Å²) in [7, 11) is 0. The molecule has 0 spiro atoms. The van der Waals surface area contributed by atoms with E-state index in [1.54, 1.807) is 24.3 Å². The second-order valence-electron chi connectivity index (χ2n) is 9.87. The molecule has 1 aromatic heterocycles. The van der Waals surface area contributed by atoms with Gasteiger partial charge in [-0.05, 0) is 111 Å². The van der Waals surface area contributed by atoms with Crippen molar-refractivity contribution in [2.24, 2.45) is 0 Å². The second-order valence-corrected chi connectivity index (χ2v) is 9.87. The van der Waals surface area contributed by atoms with Crippen molar-refractivity contribution in [2.75, 3.05) is 4.90 Å². The molecule has 0 unspecified atom stereocenters. The minimum atomic E-state index is -0.774. The van der Waals surface area contributed by atoms with Crippen molar-refractivity contribution in [3.05, 3.63) is 118 Å². The zero-order chi connectivity index (χ0) is 28.6. The van der Waals surface area contributed by atoms with Crippen LogP contribution < -0.4 is 15.0 Å². The highest BCUT2D eigenvalue weighted by Crippen LogP contribution is 2.28. The molecule has 4 aromatic rings. The van der Waals surface area contributed by atoms with Gasteiger partial charge < -0.3 is 9.30 Å². The fourth-order valence-corrected chi connectivity index (χ4v) is 4.90. The fourth-order valence-electron chi connectivity index (χ4n) is 4.90. The van der Waals surface area contributed by atoms with Gasteiger partial charge >= 0.3 is 6.03 Å². The summed E-state index contributed by atoms with van der Waals surface area (Å²) in [5.41, 5.74) is 6.22. The molecule has 3 aromatic carbocycles. The summed E-state index contributed by atoms with van der Waals surface area (Å²) in [6.07, 6.45) is 1.53. The topological polar surface area (TPSA) is 80.6 Å². The van der Waals surface area contributed by atoms with Crippen molar-refractivity contribution in [3.8, 4) is 11.4 Å². The predicted molar refractivity (Wildman–Crippen MR) is 151 cm³/mol. The maximum absolute atomic E-state index is 13.4. The Kier molecular flexibility index (Phi) is 7.09. The molecule has 2 heterocycles. The number of hydrogen-bond donors (Lipinski definition) is 1. The van der Waals surface area contributed by atoms with Crippen LogP contribution >= 0.6 is 0 Å². The van der Waals surface area contributed by atoms with Crippen molar-refractivity contribution in [2.45, 2.75) is 34.3 Å². The van der Waals surface area contributed by atoms with E-state index in [2.05, 4.69) is 5.32 Å². The van der Waals surface area contributed by atoms with E-state index in [1.807, 2.05) is 68.7 Å². The Morgan fingerprint density at radius 3 is 2.12 bits per heavy atom. The van der Waals surface area contributed by atoms with Crippen LogP contribution in [0.3, 0.4) is 0 Å². The number of anilines is 1. The Balaban J connectivity index is 1.40. The van der Waals surface area contributed by atoms with E-state index in [0.29, 0.717) is 23.6 Å². The van der Waals surface area contributed by atoms with Crippen LogP contribution in [0.4, 0.5) is 14.9 Å². The van der Waals surface area contributed by atoms with E-state index in [1.165, 1.54) is 18.2 Å². The molecule has 202 valence electrons. The molecule has 1 aliphatic heterocycles. The number of rotatable bonds is 6. The Hall–Kier alpha value is -4.98. The Morgan fingerprint density at radius 1 is 0.825 bits per heavy atom. The number of barbiturate groups is 1. The smallest absolute Gasteiger partial charge is 0.335 e. The Labute approximate surface area is 231 Å². The number of benzene rings is 3. The molecule has 40 heavy (non-hydrogen) atoms. The quantitative estimate of drug-likeness (QED) is 0.238. The highest BCUT2D eigenvalue weighted by Gasteiger charge is 2.37. The third-order valence-electron chi connectivity index (χ3n) is 6.75. The summed E-state index contributed by atoms with van der Waals surface area (Å²) >= 11 is 0. The molecule has 1 fully saturated rings. The third-order valence-corrected chi connectivity index (χ3v) is 6.75. The minimum Gasteiger partial charge on any atom is -0.489 e. The first-order valence-electron chi connectivity index (χ1n) is 12.8. The maximum Gasteiger partial charge on any atom is 0.335 e. The lowest BCUT2D eigenvalue weighted by molar-refractivity contribution is -0.122. The van der Waals surface area contributed by atoms with Gasteiger partial charge in [0.05, 0.1) is 5.69 Å². The van der Waals surface area contributed by atoms with Crippen LogP contribution in [0.5, 0.6) is 5.75 Å². The molecule has 0 radical (unpaired) electrons. The minimum absolute atomic E-state index is 0.122. The molecule has 4 amide bonds. The van der Waals surface area contributed by atoms with Crippen molar-refractivity contribution in [1.29, 1.82) is 0 Å². The lowest BCUT2D eigenvalue weighted by Gasteiger charge is -2.27. The Morgan fingerprint density at radius 2 is 1.48 bits per heavy atom. The van der Waals surface area contributed by atoms with Gasteiger partial charge in [0.15, 0.2) is 0 Å². The van der Waals surface area contributed by atoms with Crippen molar-refractivity contribution in [1.82, 2.24) is 9.88 Å². The van der Waals surface area contributed by atoms with Crippen LogP contribution in [0.15, 0.2) is 78.4 Å². The lowest BCUT2D eigenvalue weighted by Crippen LogP contribution is -2.54. The molecule has 0 saturated carbocycles. The molecular weight excluding hydrogens is 509 g/mol. The summed E-state index contributed by atoms with van der Waals surface area (Å²) < 4.78 is 21.0. The van der Waals surface area contributed by atoms with Gasteiger partial charge in [0.25, 0.3) is 11.8 Å². The van der Waals surface area contributed by atoms with E-state index in [0.717, 1.165) is 38.7 Å². The highest BCUT2D eigenvalue weighted by atomic mass is 19.1. The van der Waals surface area contributed by atoms with E-state index < -0.39 is 17.8 Å². The number of nitrogens with one attached hydrogen (secondary N) is 1. The number of aromatic nitrogens is 1. The summed E-state index contributed by atoms with van der Waals surface area (Å²) in [6, 6.07) is 20.2. The number of carbonyl (C=O) groups excluding carboxylic acids is 3. The molecule has 8 heteroatoms. The lowest BCUT2D eigenvalue weighted by atomic mass is 10.1. The molecule has 0 bridgehead atoms. The molecule has 1 saturated heterocycles. The molecule has 1 N–H and O–H groups in total. The number of aryl methyl sites for hydroxylation is 3. The van der Waals surface area contributed by atoms with Gasteiger partial charge in [0.1, 0.15) is 23.7 Å². The zero-order valence-corrected chi connectivity index (χ0v) is 22.6. The average Bonchev–Trinajstić information content (AvgIpc) is 3.18. The number of urea groups is 1. The highest BCUT2D eigenvalue weighted by molar-refractivity contribution is 6.39. The number of ether oxygens (including phenoxy) is 1. The predicted octanol–water partition coefficient (Wildman–Crippen LogP) is 6.10. The summed E-state index contributed by atoms with van der Waals surface area (Å²) in [5, 5.41) is 2.29. The van der Waals surface area contributed by atoms with Crippen LogP contribution in [-0.4, -0.2) is 22.4 Å².